The molecule has 1 N–H and O–H groups in total. The summed E-state index contributed by atoms with van der Waals surface area (Å²) in [5.41, 5.74) is 0. The summed E-state index contributed by atoms with van der Waals surface area (Å²) in [5, 5.41) is 10.00. The number of hydrogen-bond acceptors (Lipinski definition) is 3. The minimum Gasteiger partial charge on any atom is -0.393 e. The van der Waals surface area contributed by atoms with Gasteiger partial charge in [0.1, 0.15) is 0 Å². The van der Waals surface area contributed by atoms with Gasteiger partial charge in [-0.15, -0.1) is 0 Å². The Bertz CT molecular complexity index is 141. The molecule has 13 heavy (non-hydrogen) atoms. The fourth-order valence-corrected chi connectivity index (χ4v) is 2.85. The summed E-state index contributed by atoms with van der Waals surface area (Å²) in [7, 11) is 0. The van der Waals surface area contributed by atoms with Crippen molar-refractivity contribution in [1.82, 2.24) is 4.90 Å². The summed E-state index contributed by atoms with van der Waals surface area (Å²) in [6, 6.07) is 0. The van der Waals surface area contributed by atoms with Crippen LogP contribution in [0.25, 0.3) is 0 Å². The van der Waals surface area contributed by atoms with Crippen LogP contribution in [0.2, 0.25) is 0 Å². The second-order valence-corrected chi connectivity index (χ2v) is 5.25. The van der Waals surface area contributed by atoms with Crippen molar-refractivity contribution in [3.05, 3.63) is 0 Å². The van der Waals surface area contributed by atoms with Gasteiger partial charge in [-0.25, -0.2) is 0 Å². The quantitative estimate of drug-likeness (QED) is 0.750. The van der Waals surface area contributed by atoms with Gasteiger partial charge in [0.25, 0.3) is 0 Å². The predicted molar refractivity (Wildman–Crippen MR) is 59.3 cm³/mol. The number of aliphatic hydroxyl groups is 1. The standard InChI is InChI=1S/C10H21NOS/c1-3-10-8-11(6-7-13-10)5-4-9(2)12/h9-10,12H,3-8H2,1-2H3. The molecule has 1 aliphatic rings. The molecule has 0 bridgehead atoms. The normalized spacial score (nSPS) is 27.5. The minimum absolute atomic E-state index is 0.144. The van der Waals surface area contributed by atoms with Crippen LogP contribution in [0, 0.1) is 0 Å². The van der Waals surface area contributed by atoms with Crippen LogP contribution in [0.3, 0.4) is 0 Å². The van der Waals surface area contributed by atoms with E-state index in [4.69, 9.17) is 0 Å². The van der Waals surface area contributed by atoms with Gasteiger partial charge in [-0.05, 0) is 19.8 Å². The lowest BCUT2D eigenvalue weighted by Gasteiger charge is -2.32. The Morgan fingerprint density at radius 1 is 1.62 bits per heavy atom. The average molecular weight is 203 g/mol. The third-order valence-corrected chi connectivity index (χ3v) is 3.91. The maximum absolute atomic E-state index is 9.17. The molecule has 0 aromatic carbocycles. The minimum atomic E-state index is -0.144. The number of nitrogens with zero attached hydrogens (tertiary/aromatic N) is 1. The number of rotatable bonds is 4. The van der Waals surface area contributed by atoms with E-state index in [2.05, 4.69) is 23.6 Å². The summed E-state index contributed by atoms with van der Waals surface area (Å²) in [4.78, 5) is 2.48. The van der Waals surface area contributed by atoms with Crippen molar-refractivity contribution in [2.45, 2.75) is 38.0 Å². The predicted octanol–water partition coefficient (Wildman–Crippen LogP) is 1.58. The lowest BCUT2D eigenvalue weighted by molar-refractivity contribution is 0.157. The van der Waals surface area contributed by atoms with Gasteiger partial charge in [-0.2, -0.15) is 11.8 Å². The molecule has 1 heterocycles. The Balaban J connectivity index is 2.18. The summed E-state index contributed by atoms with van der Waals surface area (Å²) >= 11 is 2.10. The first kappa shape index (κ1) is 11.3. The van der Waals surface area contributed by atoms with E-state index in [0.717, 1.165) is 18.2 Å². The van der Waals surface area contributed by atoms with E-state index in [9.17, 15) is 5.11 Å². The Hall–Kier alpha value is 0.270. The lowest BCUT2D eigenvalue weighted by atomic mass is 10.2. The highest BCUT2D eigenvalue weighted by atomic mass is 32.2. The van der Waals surface area contributed by atoms with Gasteiger partial charge in [0.15, 0.2) is 0 Å². The Morgan fingerprint density at radius 2 is 2.38 bits per heavy atom. The molecule has 2 nitrogen and oxygen atoms in total. The molecule has 3 heteroatoms. The SMILES string of the molecule is CCC1CN(CCC(C)O)CCS1. The maximum Gasteiger partial charge on any atom is 0.0524 e. The molecule has 0 aromatic heterocycles. The third-order valence-electron chi connectivity index (χ3n) is 2.54. The smallest absolute Gasteiger partial charge is 0.0524 e. The summed E-state index contributed by atoms with van der Waals surface area (Å²) in [5.74, 6) is 1.26. The average Bonchev–Trinajstić information content (AvgIpc) is 2.15. The maximum atomic E-state index is 9.17. The fourth-order valence-electron chi connectivity index (χ4n) is 1.60. The number of aliphatic hydroxyl groups excluding tert-OH is 1. The van der Waals surface area contributed by atoms with Crippen molar-refractivity contribution in [2.75, 3.05) is 25.4 Å². The molecule has 1 rings (SSSR count). The van der Waals surface area contributed by atoms with E-state index in [-0.39, 0.29) is 6.10 Å². The largest absolute Gasteiger partial charge is 0.393 e. The molecule has 0 spiro atoms. The monoisotopic (exact) mass is 203 g/mol. The highest BCUT2D eigenvalue weighted by Gasteiger charge is 2.18. The van der Waals surface area contributed by atoms with Crippen LogP contribution in [0.15, 0.2) is 0 Å². The van der Waals surface area contributed by atoms with Crippen LogP contribution >= 0.6 is 11.8 Å². The van der Waals surface area contributed by atoms with Crippen LogP contribution in [-0.2, 0) is 0 Å². The van der Waals surface area contributed by atoms with Gasteiger partial charge in [-0.3, -0.25) is 0 Å². The van der Waals surface area contributed by atoms with Crippen molar-refractivity contribution < 1.29 is 5.11 Å². The Morgan fingerprint density at radius 3 is 3.00 bits per heavy atom. The van der Waals surface area contributed by atoms with Crippen molar-refractivity contribution in [3.63, 3.8) is 0 Å². The molecule has 1 fully saturated rings. The van der Waals surface area contributed by atoms with E-state index in [1.807, 2.05) is 6.92 Å². The van der Waals surface area contributed by atoms with Crippen LogP contribution in [0.1, 0.15) is 26.7 Å². The first-order valence-corrected chi connectivity index (χ1v) is 6.29. The molecule has 0 saturated carbocycles. The summed E-state index contributed by atoms with van der Waals surface area (Å²) in [6.07, 6.45) is 2.05. The van der Waals surface area contributed by atoms with Crippen LogP contribution < -0.4 is 0 Å². The summed E-state index contributed by atoms with van der Waals surface area (Å²) in [6.45, 7) is 7.61. The highest BCUT2D eigenvalue weighted by Crippen LogP contribution is 2.21. The van der Waals surface area contributed by atoms with Gasteiger partial charge in [0.2, 0.25) is 0 Å². The molecule has 0 radical (unpaired) electrons. The van der Waals surface area contributed by atoms with E-state index >= 15 is 0 Å². The second kappa shape index (κ2) is 5.89. The van der Waals surface area contributed by atoms with E-state index < -0.39 is 0 Å². The molecule has 0 aromatic rings. The van der Waals surface area contributed by atoms with Gasteiger partial charge >= 0.3 is 0 Å². The molecule has 1 aliphatic heterocycles. The molecular formula is C10H21NOS. The van der Waals surface area contributed by atoms with Gasteiger partial charge < -0.3 is 10.0 Å². The summed E-state index contributed by atoms with van der Waals surface area (Å²) < 4.78 is 0. The third kappa shape index (κ3) is 4.34. The van der Waals surface area contributed by atoms with Crippen molar-refractivity contribution >= 4 is 11.8 Å². The fraction of sp³-hybridized carbons (Fsp3) is 1.00. The lowest BCUT2D eigenvalue weighted by Crippen LogP contribution is -2.38. The molecule has 0 amide bonds. The van der Waals surface area contributed by atoms with Crippen LogP contribution in [0.4, 0.5) is 0 Å². The van der Waals surface area contributed by atoms with Gasteiger partial charge in [-0.1, -0.05) is 6.92 Å². The number of hydrogen-bond donors (Lipinski definition) is 1. The zero-order chi connectivity index (χ0) is 9.68. The van der Waals surface area contributed by atoms with E-state index in [1.54, 1.807) is 0 Å². The second-order valence-electron chi connectivity index (χ2n) is 3.84. The zero-order valence-electron chi connectivity index (χ0n) is 8.70. The van der Waals surface area contributed by atoms with Crippen molar-refractivity contribution in [2.24, 2.45) is 0 Å². The van der Waals surface area contributed by atoms with Crippen LogP contribution in [-0.4, -0.2) is 46.7 Å². The van der Waals surface area contributed by atoms with Gasteiger partial charge in [0.05, 0.1) is 6.10 Å². The Kier molecular flexibility index (Phi) is 5.14. The molecular weight excluding hydrogens is 182 g/mol. The van der Waals surface area contributed by atoms with Crippen molar-refractivity contribution in [1.29, 1.82) is 0 Å². The topological polar surface area (TPSA) is 23.5 Å². The molecule has 1 saturated heterocycles. The van der Waals surface area contributed by atoms with E-state index in [0.29, 0.717) is 0 Å². The van der Waals surface area contributed by atoms with E-state index in [1.165, 1.54) is 25.3 Å². The molecule has 0 aliphatic carbocycles. The molecule has 2 atom stereocenters. The zero-order valence-corrected chi connectivity index (χ0v) is 9.52. The molecule has 2 unspecified atom stereocenters. The van der Waals surface area contributed by atoms with Crippen LogP contribution in [0.5, 0.6) is 0 Å². The first-order valence-electron chi connectivity index (χ1n) is 5.24. The number of thioether (sulfide) groups is 1. The van der Waals surface area contributed by atoms with Crippen molar-refractivity contribution in [3.8, 4) is 0 Å². The molecule has 78 valence electrons. The Labute approximate surface area is 85.7 Å². The first-order chi connectivity index (χ1) is 6.22. The van der Waals surface area contributed by atoms with Gasteiger partial charge in [0, 0.05) is 30.6 Å². The highest BCUT2D eigenvalue weighted by molar-refractivity contribution is 8.00.